The Labute approximate surface area is 134 Å². The molecule has 0 saturated heterocycles. The van der Waals surface area contributed by atoms with Crippen molar-refractivity contribution >= 4 is 5.91 Å². The van der Waals surface area contributed by atoms with Crippen molar-refractivity contribution in [2.45, 2.75) is 39.9 Å². The summed E-state index contributed by atoms with van der Waals surface area (Å²) >= 11 is 0. The Morgan fingerprint density at radius 3 is 2.48 bits per heavy atom. The second-order valence-electron chi connectivity index (χ2n) is 5.77. The molecule has 2 aromatic rings. The van der Waals surface area contributed by atoms with Crippen LogP contribution in [0.2, 0.25) is 0 Å². The number of hydrogen-bond acceptors (Lipinski definition) is 2. The summed E-state index contributed by atoms with van der Waals surface area (Å²) in [7, 11) is 0. The fourth-order valence-electron chi connectivity index (χ4n) is 2.74. The first-order valence-corrected chi connectivity index (χ1v) is 7.55. The second-order valence-corrected chi connectivity index (χ2v) is 5.77. The van der Waals surface area contributed by atoms with Gasteiger partial charge in [0.15, 0.2) is 0 Å². The van der Waals surface area contributed by atoms with Gasteiger partial charge in [0.1, 0.15) is 6.17 Å². The summed E-state index contributed by atoms with van der Waals surface area (Å²) in [6, 6.07) is 6.54. The average Bonchev–Trinajstić information content (AvgIpc) is 2.46. The largest absolute Gasteiger partial charge is 0.345 e. The van der Waals surface area contributed by atoms with Crippen LogP contribution in [0.5, 0.6) is 0 Å². The first-order chi connectivity index (χ1) is 10.8. The summed E-state index contributed by atoms with van der Waals surface area (Å²) in [4.78, 5) is 26.1. The van der Waals surface area contributed by atoms with E-state index >= 15 is 0 Å². The number of pyridine rings is 1. The molecule has 1 unspecified atom stereocenters. The van der Waals surface area contributed by atoms with Crippen molar-refractivity contribution in [3.05, 3.63) is 68.6 Å². The number of halogens is 1. The van der Waals surface area contributed by atoms with Crippen molar-refractivity contribution in [3.63, 3.8) is 0 Å². The number of nitrogens with one attached hydrogen (secondary N) is 2. The van der Waals surface area contributed by atoms with Gasteiger partial charge >= 0.3 is 0 Å². The van der Waals surface area contributed by atoms with Gasteiger partial charge in [-0.3, -0.25) is 9.59 Å². The molecule has 2 N–H and O–H groups in total. The Bertz CT molecular complexity index is 781. The van der Waals surface area contributed by atoms with E-state index in [0.29, 0.717) is 16.7 Å². The molecule has 0 bridgehead atoms. The lowest BCUT2D eigenvalue weighted by Crippen LogP contribution is -2.28. The molecule has 2 rings (SSSR count). The van der Waals surface area contributed by atoms with Crippen LogP contribution < -0.4 is 10.9 Å². The van der Waals surface area contributed by atoms with E-state index in [9.17, 15) is 14.0 Å². The number of benzene rings is 1. The maximum absolute atomic E-state index is 13.6. The Morgan fingerprint density at radius 1 is 1.22 bits per heavy atom. The highest BCUT2D eigenvalue weighted by molar-refractivity contribution is 5.95. The quantitative estimate of drug-likeness (QED) is 0.906. The number of carbonyl (C=O) groups excluding carboxylic acids is 1. The smallest absolute Gasteiger partial charge is 0.253 e. The van der Waals surface area contributed by atoms with Crippen molar-refractivity contribution in [3.8, 4) is 0 Å². The lowest BCUT2D eigenvalue weighted by molar-refractivity contribution is 0.0939. The number of H-pyrrole nitrogens is 1. The number of aromatic amines is 1. The Kier molecular flexibility index (Phi) is 4.98. The van der Waals surface area contributed by atoms with Gasteiger partial charge in [-0.2, -0.15) is 0 Å². The fraction of sp³-hybridized carbons (Fsp3) is 0.333. The van der Waals surface area contributed by atoms with E-state index in [1.54, 1.807) is 19.1 Å². The Balaban J connectivity index is 2.25. The van der Waals surface area contributed by atoms with E-state index in [1.807, 2.05) is 19.9 Å². The molecule has 0 fully saturated rings. The summed E-state index contributed by atoms with van der Waals surface area (Å²) in [5, 5.41) is 2.90. The lowest BCUT2D eigenvalue weighted by atomic mass is 9.95. The van der Waals surface area contributed by atoms with Crippen LogP contribution in [0.1, 0.15) is 58.7 Å². The minimum atomic E-state index is -1.06. The lowest BCUT2D eigenvalue weighted by Gasteiger charge is -2.19. The van der Waals surface area contributed by atoms with Gasteiger partial charge < -0.3 is 10.3 Å². The molecule has 1 amide bonds. The van der Waals surface area contributed by atoms with Crippen LogP contribution in [0.25, 0.3) is 0 Å². The third kappa shape index (κ3) is 3.67. The van der Waals surface area contributed by atoms with Gasteiger partial charge in [-0.05, 0) is 49.9 Å². The zero-order valence-corrected chi connectivity index (χ0v) is 13.7. The third-order valence-electron chi connectivity index (χ3n) is 4.04. The molecule has 0 aliphatic carbocycles. The Hall–Kier alpha value is -2.43. The second kappa shape index (κ2) is 6.77. The third-order valence-corrected chi connectivity index (χ3v) is 4.04. The molecular weight excluding hydrogens is 295 g/mol. The van der Waals surface area contributed by atoms with Crippen LogP contribution in [-0.4, -0.2) is 10.9 Å². The summed E-state index contributed by atoms with van der Waals surface area (Å²) in [5.41, 5.74) is 3.14. The topological polar surface area (TPSA) is 62.0 Å². The Morgan fingerprint density at radius 2 is 1.87 bits per heavy atom. The number of amides is 1. The van der Waals surface area contributed by atoms with Crippen LogP contribution in [-0.2, 0) is 0 Å². The SMILES string of the molecule is Cc1cc(=O)[nH]cc1C(=O)N[C@H](C)c1cccc(C(C)F)c1C. The minimum absolute atomic E-state index is 0.243. The monoisotopic (exact) mass is 316 g/mol. The standard InChI is InChI=1S/C18H21FN2O2/c1-10-8-17(22)20-9-16(10)18(23)21-13(4)15-7-5-6-14(11(15)2)12(3)19/h5-9,12-13H,1-4H3,(H,20,22)(H,21,23)/t12?,13-/m1/s1. The summed E-state index contributed by atoms with van der Waals surface area (Å²) < 4.78 is 13.6. The molecule has 23 heavy (non-hydrogen) atoms. The van der Waals surface area contributed by atoms with Crippen molar-refractivity contribution in [1.82, 2.24) is 10.3 Å². The molecule has 0 spiro atoms. The maximum Gasteiger partial charge on any atom is 0.253 e. The van der Waals surface area contributed by atoms with E-state index in [-0.39, 0.29) is 17.5 Å². The van der Waals surface area contributed by atoms with Gasteiger partial charge in [-0.25, -0.2) is 4.39 Å². The number of alkyl halides is 1. The molecule has 0 saturated carbocycles. The molecule has 0 aliphatic rings. The summed E-state index contributed by atoms with van der Waals surface area (Å²) in [6.45, 7) is 6.92. The average molecular weight is 316 g/mol. The highest BCUT2D eigenvalue weighted by atomic mass is 19.1. The van der Waals surface area contributed by atoms with Crippen LogP contribution >= 0.6 is 0 Å². The predicted molar refractivity (Wildman–Crippen MR) is 88.4 cm³/mol. The first kappa shape index (κ1) is 16.9. The van der Waals surface area contributed by atoms with Gasteiger partial charge in [0, 0.05) is 12.3 Å². The number of aromatic nitrogens is 1. The van der Waals surface area contributed by atoms with Crippen LogP contribution in [0.4, 0.5) is 4.39 Å². The zero-order valence-electron chi connectivity index (χ0n) is 13.7. The van der Waals surface area contributed by atoms with Crippen LogP contribution in [0.3, 0.4) is 0 Å². The molecule has 1 aromatic heterocycles. The van der Waals surface area contributed by atoms with Crippen LogP contribution in [0, 0.1) is 13.8 Å². The molecular formula is C18H21FN2O2. The predicted octanol–water partition coefficient (Wildman–Crippen LogP) is 3.51. The van der Waals surface area contributed by atoms with E-state index in [4.69, 9.17) is 0 Å². The van der Waals surface area contributed by atoms with Crippen molar-refractivity contribution in [2.75, 3.05) is 0 Å². The number of carbonyl (C=O) groups is 1. The van der Waals surface area contributed by atoms with Crippen molar-refractivity contribution < 1.29 is 9.18 Å². The van der Waals surface area contributed by atoms with Gasteiger partial charge in [-0.1, -0.05) is 18.2 Å². The number of aryl methyl sites for hydroxylation is 1. The normalized spacial score (nSPS) is 13.4. The van der Waals surface area contributed by atoms with Crippen molar-refractivity contribution in [2.24, 2.45) is 0 Å². The van der Waals surface area contributed by atoms with E-state index < -0.39 is 6.17 Å². The molecule has 2 atom stereocenters. The molecule has 4 nitrogen and oxygen atoms in total. The van der Waals surface area contributed by atoms with Crippen molar-refractivity contribution in [1.29, 1.82) is 0 Å². The van der Waals surface area contributed by atoms with Gasteiger partial charge in [-0.15, -0.1) is 0 Å². The van der Waals surface area contributed by atoms with E-state index in [2.05, 4.69) is 10.3 Å². The molecule has 1 heterocycles. The molecule has 1 aromatic carbocycles. The van der Waals surface area contributed by atoms with Gasteiger partial charge in [0.25, 0.3) is 5.91 Å². The first-order valence-electron chi connectivity index (χ1n) is 7.55. The summed E-state index contributed by atoms with van der Waals surface area (Å²) in [6.07, 6.45) is 0.353. The minimum Gasteiger partial charge on any atom is -0.345 e. The fourth-order valence-corrected chi connectivity index (χ4v) is 2.74. The summed E-state index contributed by atoms with van der Waals surface area (Å²) in [5.74, 6) is -0.274. The molecule has 0 aliphatic heterocycles. The maximum atomic E-state index is 13.6. The highest BCUT2D eigenvalue weighted by Gasteiger charge is 2.17. The van der Waals surface area contributed by atoms with Crippen LogP contribution in [0.15, 0.2) is 35.3 Å². The number of rotatable bonds is 4. The van der Waals surface area contributed by atoms with E-state index in [0.717, 1.165) is 11.1 Å². The molecule has 5 heteroatoms. The van der Waals surface area contributed by atoms with E-state index in [1.165, 1.54) is 19.2 Å². The highest BCUT2D eigenvalue weighted by Crippen LogP contribution is 2.27. The number of hydrogen-bond donors (Lipinski definition) is 2. The molecule has 0 radical (unpaired) electrons. The van der Waals surface area contributed by atoms with Gasteiger partial charge in [0.2, 0.25) is 5.56 Å². The van der Waals surface area contributed by atoms with Gasteiger partial charge in [0.05, 0.1) is 11.6 Å². The zero-order chi connectivity index (χ0) is 17.1. The molecule has 122 valence electrons.